The van der Waals surface area contributed by atoms with Crippen molar-refractivity contribution in [3.8, 4) is 0 Å². The Morgan fingerprint density at radius 3 is 1.44 bits per heavy atom. The van der Waals surface area contributed by atoms with Crippen molar-refractivity contribution >= 4 is 78.8 Å². The van der Waals surface area contributed by atoms with Gasteiger partial charge in [0.2, 0.25) is 0 Å². The molecule has 0 saturated carbocycles. The van der Waals surface area contributed by atoms with Gasteiger partial charge in [0.05, 0.1) is 16.8 Å². The molecule has 0 aliphatic carbocycles. The number of hydrogen-bond acceptors (Lipinski definition) is 11. The van der Waals surface area contributed by atoms with E-state index in [1.165, 1.54) is 0 Å². The van der Waals surface area contributed by atoms with Crippen LogP contribution in [0.3, 0.4) is 0 Å². The Morgan fingerprint density at radius 2 is 1.07 bits per heavy atom. The first kappa shape index (κ1) is 43.2. The van der Waals surface area contributed by atoms with Gasteiger partial charge in [0.1, 0.15) is 0 Å². The molecule has 0 aliphatic heterocycles. The van der Waals surface area contributed by atoms with Crippen molar-refractivity contribution in [3.05, 3.63) is 0 Å². The monoisotopic (exact) mass is 520 g/mol. The second-order valence-corrected chi connectivity index (χ2v) is 12.0. The summed E-state index contributed by atoms with van der Waals surface area (Å²) in [6.07, 6.45) is 6.30. The fraction of sp³-hybridized carbons (Fsp3) is 1.00. The summed E-state index contributed by atoms with van der Waals surface area (Å²) >= 11 is 5.39. The molecule has 0 fully saturated rings. The van der Waals surface area contributed by atoms with Gasteiger partial charge >= 0.3 is 0 Å². The Hall–Kier alpha value is 2.29. The largest absolute Gasteiger partial charge is 0.306 e. The van der Waals surface area contributed by atoms with Crippen molar-refractivity contribution in [2.75, 3.05) is 67.5 Å². The first-order valence-corrected chi connectivity index (χ1v) is 16.1. The molecule has 4 N–H and O–H groups in total. The maximum Gasteiger partial charge on any atom is 0.0534 e. The highest BCUT2D eigenvalue weighted by atomic mass is 33.1. The van der Waals surface area contributed by atoms with Crippen LogP contribution >= 0.6 is 78.8 Å². The number of thioether (sulfide) groups is 1. The van der Waals surface area contributed by atoms with E-state index in [-0.39, 0.29) is 29.7 Å². The second-order valence-electron chi connectivity index (χ2n) is 3.63. The quantitative estimate of drug-likeness (QED) is 0.0740. The van der Waals surface area contributed by atoms with Crippen LogP contribution in [0, 0.1) is 0 Å². The fourth-order valence-electron chi connectivity index (χ4n) is 0.971. The molecule has 0 aromatic heterocycles. The third kappa shape index (κ3) is 52.5. The molecule has 0 saturated heterocycles. The summed E-state index contributed by atoms with van der Waals surface area (Å²) in [7, 11) is 7.28. The number of rotatable bonds is 17. The first-order valence-electron chi connectivity index (χ1n) is 7.24. The summed E-state index contributed by atoms with van der Waals surface area (Å²) in [4.78, 5) is 0. The summed E-state index contributed by atoms with van der Waals surface area (Å²) in [5.74, 6) is 3.22. The van der Waals surface area contributed by atoms with Crippen LogP contribution < -0.4 is 20.1 Å². The fourth-order valence-corrected chi connectivity index (χ4v) is 4.37. The lowest BCUT2D eigenvalue weighted by molar-refractivity contribution is 0.762. The van der Waals surface area contributed by atoms with Crippen LogP contribution in [0.4, 0.5) is 0 Å². The van der Waals surface area contributed by atoms with Gasteiger partial charge in [-0.3, -0.25) is 9.44 Å². The SMILES string of the molecule is C.C.C.C.CCSNCCNCSSC.CSCSNCCNCSSC. The van der Waals surface area contributed by atoms with Crippen molar-refractivity contribution in [2.45, 2.75) is 36.6 Å². The Kier molecular flexibility index (Phi) is 74.4. The summed E-state index contributed by atoms with van der Waals surface area (Å²) in [6.45, 7) is 6.35. The van der Waals surface area contributed by atoms with Crippen molar-refractivity contribution in [2.24, 2.45) is 0 Å². The van der Waals surface area contributed by atoms with Crippen LogP contribution in [0.25, 0.3) is 0 Å². The van der Waals surface area contributed by atoms with E-state index in [0.29, 0.717) is 0 Å². The van der Waals surface area contributed by atoms with Crippen LogP contribution in [-0.4, -0.2) is 67.5 Å². The summed E-state index contributed by atoms with van der Waals surface area (Å²) < 4.78 is 6.53. The Labute approximate surface area is 201 Å². The van der Waals surface area contributed by atoms with Gasteiger partial charge in [-0.2, -0.15) is 11.8 Å². The molecule has 0 spiro atoms. The minimum absolute atomic E-state index is 0. The van der Waals surface area contributed by atoms with Crippen LogP contribution in [-0.2, 0) is 0 Å². The topological polar surface area (TPSA) is 48.1 Å². The van der Waals surface area contributed by atoms with Crippen molar-refractivity contribution in [1.82, 2.24) is 20.1 Å². The lowest BCUT2D eigenvalue weighted by Crippen LogP contribution is -2.23. The minimum atomic E-state index is 0. The molecular formula is C16H48N4S7. The van der Waals surface area contributed by atoms with Gasteiger partial charge in [-0.15, -0.1) is 0 Å². The average molecular weight is 521 g/mol. The van der Waals surface area contributed by atoms with E-state index in [0.717, 1.165) is 48.8 Å². The molecule has 4 nitrogen and oxygen atoms in total. The Morgan fingerprint density at radius 1 is 0.630 bits per heavy atom. The molecular weight excluding hydrogens is 473 g/mol. The molecule has 0 unspecified atom stereocenters. The summed E-state index contributed by atoms with van der Waals surface area (Å²) in [6, 6.07) is 0. The van der Waals surface area contributed by atoms with E-state index >= 15 is 0 Å². The zero-order chi connectivity index (χ0) is 17.4. The molecule has 0 aromatic rings. The number of hydrogen-bond donors (Lipinski definition) is 4. The lowest BCUT2D eigenvalue weighted by Gasteiger charge is -2.03. The molecule has 0 aliphatic rings. The molecule has 0 radical (unpaired) electrons. The van der Waals surface area contributed by atoms with E-state index in [1.54, 1.807) is 45.5 Å². The highest BCUT2D eigenvalue weighted by Gasteiger charge is 1.88. The van der Waals surface area contributed by atoms with Gasteiger partial charge in [-0.25, -0.2) is 0 Å². The summed E-state index contributed by atoms with van der Waals surface area (Å²) in [5.41, 5.74) is 0. The zero-order valence-electron chi connectivity index (χ0n) is 14.5. The molecule has 0 atom stereocenters. The molecule has 0 rings (SSSR count). The standard InChI is InChI=1S/C6H16N2S4.C6H16N2S3.4CH4/c1-9-6-11-8-4-3-7-5-12-10-2;1-3-10-8-5-4-7-6-11-9-2;;;;/h7-8H,3-6H2,1-2H3;7-8H,3-6H2,1-2H3;4*1H4. The van der Waals surface area contributed by atoms with E-state index in [2.05, 4.69) is 45.8 Å². The van der Waals surface area contributed by atoms with Crippen LogP contribution in [0.5, 0.6) is 0 Å². The first-order chi connectivity index (χ1) is 11.3. The maximum absolute atomic E-state index is 3.32. The molecule has 174 valence electrons. The predicted octanol–water partition coefficient (Wildman–Crippen LogP) is 6.45. The Bertz CT molecular complexity index is 180. The maximum atomic E-state index is 3.32. The van der Waals surface area contributed by atoms with Crippen LogP contribution in [0.2, 0.25) is 0 Å². The van der Waals surface area contributed by atoms with Crippen LogP contribution in [0.1, 0.15) is 36.6 Å². The van der Waals surface area contributed by atoms with Gasteiger partial charge in [0.25, 0.3) is 0 Å². The third-order valence-electron chi connectivity index (χ3n) is 1.89. The molecule has 11 heteroatoms. The highest BCUT2D eigenvalue weighted by Crippen LogP contribution is 2.14. The average Bonchev–Trinajstić information content (AvgIpc) is 2.57. The Balaban J connectivity index is -0.0000000713. The highest BCUT2D eigenvalue weighted by molar-refractivity contribution is 8.76. The predicted molar refractivity (Wildman–Crippen MR) is 155 cm³/mol. The molecule has 0 amide bonds. The normalized spacial score (nSPS) is 8.89. The van der Waals surface area contributed by atoms with E-state index in [1.807, 2.05) is 33.3 Å². The molecule has 0 heterocycles. The van der Waals surface area contributed by atoms with E-state index < -0.39 is 0 Å². The van der Waals surface area contributed by atoms with E-state index in [9.17, 15) is 0 Å². The minimum Gasteiger partial charge on any atom is -0.306 e. The smallest absolute Gasteiger partial charge is 0.0534 e. The van der Waals surface area contributed by atoms with Crippen molar-refractivity contribution in [3.63, 3.8) is 0 Å². The summed E-state index contributed by atoms with van der Waals surface area (Å²) in [5, 5.41) is 7.76. The van der Waals surface area contributed by atoms with Gasteiger partial charge in [-0.05, 0) is 18.8 Å². The van der Waals surface area contributed by atoms with Crippen LogP contribution in [0.15, 0.2) is 0 Å². The molecule has 27 heavy (non-hydrogen) atoms. The zero-order valence-corrected chi connectivity index (χ0v) is 20.2. The second kappa shape index (κ2) is 46.5. The molecule has 0 bridgehead atoms. The van der Waals surface area contributed by atoms with Gasteiger partial charge in [0.15, 0.2) is 0 Å². The van der Waals surface area contributed by atoms with Gasteiger partial charge < -0.3 is 10.6 Å². The van der Waals surface area contributed by atoms with Gasteiger partial charge in [0, 0.05) is 31.9 Å². The molecule has 0 aromatic carbocycles. The third-order valence-corrected chi connectivity index (χ3v) is 7.65. The van der Waals surface area contributed by atoms with Gasteiger partial charge in [-0.1, -0.05) is 104 Å². The van der Waals surface area contributed by atoms with Crippen molar-refractivity contribution in [1.29, 1.82) is 0 Å². The van der Waals surface area contributed by atoms with Crippen molar-refractivity contribution < 1.29 is 0 Å². The number of nitrogens with one attached hydrogen (secondary N) is 4. The lowest BCUT2D eigenvalue weighted by atomic mass is 10.7. The van der Waals surface area contributed by atoms with E-state index in [4.69, 9.17) is 0 Å².